The maximum atomic E-state index is 4.41. The van der Waals surface area contributed by atoms with Crippen LogP contribution in [0.4, 0.5) is 0 Å². The molecule has 2 rings (SSSR count). The number of guanidine groups is 1. The van der Waals surface area contributed by atoms with Crippen LogP contribution in [0.3, 0.4) is 0 Å². The minimum atomic E-state index is 0. The molecule has 0 aliphatic carbocycles. The van der Waals surface area contributed by atoms with Crippen LogP contribution < -0.4 is 10.6 Å². The van der Waals surface area contributed by atoms with E-state index in [0.717, 1.165) is 38.4 Å². The van der Waals surface area contributed by atoms with Crippen LogP contribution in [0.5, 0.6) is 0 Å². The van der Waals surface area contributed by atoms with Crippen LogP contribution in [-0.4, -0.2) is 25.6 Å². The van der Waals surface area contributed by atoms with E-state index in [1.807, 2.05) is 0 Å². The zero-order chi connectivity index (χ0) is 13.0. The Balaban J connectivity index is 0.00000180. The molecule has 0 unspecified atom stereocenters. The quantitative estimate of drug-likeness (QED) is 0.800. The van der Waals surface area contributed by atoms with Gasteiger partial charge in [0.15, 0.2) is 5.96 Å². The molecule has 1 aliphatic rings. The number of hydrogen-bond acceptors (Lipinski definition) is 3. The predicted molar refractivity (Wildman–Crippen MR) is 92.7 cm³/mol. The Hall–Kier alpha value is -0.780. The maximum absolute atomic E-state index is 4.41. The van der Waals surface area contributed by atoms with Crippen molar-refractivity contribution in [1.82, 2.24) is 10.6 Å². The minimum Gasteiger partial charge on any atom is -0.356 e. The van der Waals surface area contributed by atoms with E-state index < -0.39 is 0 Å². The van der Waals surface area contributed by atoms with Crippen molar-refractivity contribution in [3.8, 4) is 0 Å². The van der Waals surface area contributed by atoms with Gasteiger partial charge in [-0.2, -0.15) is 0 Å². The van der Waals surface area contributed by atoms with E-state index in [1.54, 1.807) is 0 Å². The molecule has 4 heteroatoms. The van der Waals surface area contributed by atoms with Crippen LogP contribution in [0.15, 0.2) is 17.1 Å². The Labute approximate surface area is 133 Å². The first-order chi connectivity index (χ1) is 8.66. The molecule has 0 radical (unpaired) electrons. The Morgan fingerprint density at radius 2 is 1.89 bits per heavy atom. The SMILES string of the molecule is Cc1cc(C)c(CCNC2=NCCCN2)c(C)c1.I. The normalized spacial score (nSPS) is 14.2. The first-order valence-corrected chi connectivity index (χ1v) is 6.76. The Morgan fingerprint density at radius 3 is 2.47 bits per heavy atom. The van der Waals surface area contributed by atoms with Gasteiger partial charge in [-0.25, -0.2) is 0 Å². The first kappa shape index (κ1) is 16.3. The number of rotatable bonds is 3. The maximum Gasteiger partial charge on any atom is 0.191 e. The van der Waals surface area contributed by atoms with Crippen LogP contribution in [-0.2, 0) is 6.42 Å². The minimum absolute atomic E-state index is 0. The fourth-order valence-corrected chi connectivity index (χ4v) is 2.56. The molecule has 1 aromatic carbocycles. The molecule has 1 aromatic rings. The van der Waals surface area contributed by atoms with E-state index >= 15 is 0 Å². The summed E-state index contributed by atoms with van der Waals surface area (Å²) < 4.78 is 0. The van der Waals surface area contributed by atoms with Crippen molar-refractivity contribution in [1.29, 1.82) is 0 Å². The summed E-state index contributed by atoms with van der Waals surface area (Å²) in [7, 11) is 0. The second-order valence-electron chi connectivity index (χ2n) is 5.06. The summed E-state index contributed by atoms with van der Waals surface area (Å²) in [6.07, 6.45) is 2.19. The zero-order valence-electron chi connectivity index (χ0n) is 12.0. The van der Waals surface area contributed by atoms with Crippen molar-refractivity contribution in [2.75, 3.05) is 19.6 Å². The van der Waals surface area contributed by atoms with Gasteiger partial charge < -0.3 is 10.6 Å². The Kier molecular flexibility index (Phi) is 6.62. The molecule has 19 heavy (non-hydrogen) atoms. The van der Waals surface area contributed by atoms with Crippen molar-refractivity contribution in [2.45, 2.75) is 33.6 Å². The molecule has 2 N–H and O–H groups in total. The molecule has 0 spiro atoms. The third kappa shape index (κ3) is 4.67. The van der Waals surface area contributed by atoms with Gasteiger partial charge in [-0.05, 0) is 50.3 Å². The first-order valence-electron chi connectivity index (χ1n) is 6.76. The number of nitrogens with zero attached hydrogens (tertiary/aromatic N) is 1. The fourth-order valence-electron chi connectivity index (χ4n) is 2.56. The number of halogens is 1. The molecule has 0 bridgehead atoms. The van der Waals surface area contributed by atoms with Gasteiger partial charge >= 0.3 is 0 Å². The van der Waals surface area contributed by atoms with Crippen molar-refractivity contribution in [2.24, 2.45) is 4.99 Å². The lowest BCUT2D eigenvalue weighted by Gasteiger charge is -2.17. The largest absolute Gasteiger partial charge is 0.356 e. The van der Waals surface area contributed by atoms with Gasteiger partial charge in [0.1, 0.15) is 0 Å². The van der Waals surface area contributed by atoms with Gasteiger partial charge in [-0.15, -0.1) is 24.0 Å². The second-order valence-corrected chi connectivity index (χ2v) is 5.06. The van der Waals surface area contributed by atoms with Gasteiger partial charge in [-0.1, -0.05) is 17.7 Å². The summed E-state index contributed by atoms with van der Waals surface area (Å²) in [6.45, 7) is 9.48. The molecule has 0 atom stereocenters. The van der Waals surface area contributed by atoms with Crippen LogP contribution in [0.25, 0.3) is 0 Å². The Morgan fingerprint density at radius 1 is 1.21 bits per heavy atom. The van der Waals surface area contributed by atoms with Crippen LogP contribution in [0.1, 0.15) is 28.7 Å². The van der Waals surface area contributed by atoms with E-state index in [1.165, 1.54) is 22.3 Å². The molecule has 0 fully saturated rings. The lowest BCUT2D eigenvalue weighted by Crippen LogP contribution is -2.41. The van der Waals surface area contributed by atoms with Crippen LogP contribution in [0, 0.1) is 20.8 Å². The highest BCUT2D eigenvalue weighted by Gasteiger charge is 2.06. The molecular formula is C15H24IN3. The topological polar surface area (TPSA) is 36.4 Å². The van der Waals surface area contributed by atoms with Crippen LogP contribution >= 0.6 is 24.0 Å². The third-order valence-electron chi connectivity index (χ3n) is 3.41. The summed E-state index contributed by atoms with van der Waals surface area (Å²) in [5.41, 5.74) is 5.60. The second kappa shape index (κ2) is 7.72. The number of hydrogen-bond donors (Lipinski definition) is 2. The van der Waals surface area contributed by atoms with E-state index in [-0.39, 0.29) is 24.0 Å². The smallest absolute Gasteiger partial charge is 0.191 e. The summed E-state index contributed by atoms with van der Waals surface area (Å²) in [5, 5.41) is 6.66. The standard InChI is InChI=1S/C15H23N3.HI/c1-11-9-12(2)14(13(3)10-11)5-8-18-15-16-6-4-7-17-15;/h9-10H,4-8H2,1-3H3,(H2,16,17,18);1H. The molecular weight excluding hydrogens is 349 g/mol. The lowest BCUT2D eigenvalue weighted by molar-refractivity contribution is 0.699. The highest BCUT2D eigenvalue weighted by molar-refractivity contribution is 14.0. The van der Waals surface area contributed by atoms with E-state index in [4.69, 9.17) is 0 Å². The van der Waals surface area contributed by atoms with E-state index in [2.05, 4.69) is 48.5 Å². The molecule has 0 amide bonds. The van der Waals surface area contributed by atoms with Gasteiger partial charge in [0, 0.05) is 19.6 Å². The summed E-state index contributed by atoms with van der Waals surface area (Å²) in [4.78, 5) is 4.41. The van der Waals surface area contributed by atoms with Gasteiger partial charge in [0.2, 0.25) is 0 Å². The average molecular weight is 373 g/mol. The lowest BCUT2D eigenvalue weighted by atomic mass is 9.97. The summed E-state index contributed by atoms with van der Waals surface area (Å²) in [5.74, 6) is 0.962. The van der Waals surface area contributed by atoms with E-state index in [9.17, 15) is 0 Å². The number of aryl methyl sites for hydroxylation is 3. The fraction of sp³-hybridized carbons (Fsp3) is 0.533. The number of benzene rings is 1. The number of nitrogens with one attached hydrogen (secondary N) is 2. The predicted octanol–water partition coefficient (Wildman–Crippen LogP) is 2.71. The Bertz CT molecular complexity index is 432. The highest BCUT2D eigenvalue weighted by Crippen LogP contribution is 2.16. The third-order valence-corrected chi connectivity index (χ3v) is 3.41. The summed E-state index contributed by atoms with van der Waals surface area (Å²) in [6, 6.07) is 4.53. The highest BCUT2D eigenvalue weighted by atomic mass is 127. The molecule has 0 saturated heterocycles. The van der Waals surface area contributed by atoms with Gasteiger partial charge in [0.05, 0.1) is 0 Å². The zero-order valence-corrected chi connectivity index (χ0v) is 14.4. The van der Waals surface area contributed by atoms with E-state index in [0.29, 0.717) is 0 Å². The average Bonchev–Trinajstić information content (AvgIpc) is 2.34. The number of aliphatic imine (C=N–C) groups is 1. The molecule has 0 aromatic heterocycles. The van der Waals surface area contributed by atoms with Crippen molar-refractivity contribution in [3.05, 3.63) is 34.4 Å². The van der Waals surface area contributed by atoms with Crippen molar-refractivity contribution >= 4 is 29.9 Å². The molecule has 3 nitrogen and oxygen atoms in total. The molecule has 1 heterocycles. The molecule has 0 saturated carbocycles. The monoisotopic (exact) mass is 373 g/mol. The molecule has 1 aliphatic heterocycles. The van der Waals surface area contributed by atoms with Gasteiger partial charge in [-0.3, -0.25) is 4.99 Å². The molecule has 106 valence electrons. The van der Waals surface area contributed by atoms with Crippen molar-refractivity contribution in [3.63, 3.8) is 0 Å². The van der Waals surface area contributed by atoms with Crippen LogP contribution in [0.2, 0.25) is 0 Å². The summed E-state index contributed by atoms with van der Waals surface area (Å²) >= 11 is 0. The van der Waals surface area contributed by atoms with Crippen molar-refractivity contribution < 1.29 is 0 Å². The van der Waals surface area contributed by atoms with Gasteiger partial charge in [0.25, 0.3) is 0 Å².